The van der Waals surface area contributed by atoms with Crippen LogP contribution in [-0.4, -0.2) is 68.0 Å². The van der Waals surface area contributed by atoms with Crippen molar-refractivity contribution in [2.24, 2.45) is 5.73 Å². The number of nitrogens with one attached hydrogen (secondary N) is 2. The van der Waals surface area contributed by atoms with E-state index in [-0.39, 0.29) is 17.1 Å². The average molecular weight is 495 g/mol. The van der Waals surface area contributed by atoms with Gasteiger partial charge in [0.25, 0.3) is 0 Å². The number of aliphatic hydroxyl groups excluding tert-OH is 1. The molecule has 2 aromatic rings. The lowest BCUT2D eigenvalue weighted by molar-refractivity contribution is -0.383. The fourth-order valence-corrected chi connectivity index (χ4v) is 3.47. The standard InChI is InChI=1S/C22H34N6O7/c1-14(29)22(2,32)21(31)15(23)8-5-7-13-25-18(30)9-4-3-6-12-24-16-10-11-17(28(33)34)20-19(16)26-35-27-20/h10-11,14-15,24,29,32H,3-9,12-13,23H2,1-2H3,(H,25,30). The van der Waals surface area contributed by atoms with E-state index in [2.05, 4.69) is 25.6 Å². The lowest BCUT2D eigenvalue weighted by Crippen LogP contribution is -2.52. The number of hydrogen-bond donors (Lipinski definition) is 5. The SMILES string of the molecule is CC(O)C(C)(O)C(=O)C(N)CCCCNC(=O)CCCCCNc1ccc([N+](=O)[O-])c2nonc12. The molecule has 0 bridgehead atoms. The van der Waals surface area contributed by atoms with E-state index < -0.39 is 28.5 Å². The third-order valence-corrected chi connectivity index (χ3v) is 5.90. The topological polar surface area (TPSA) is 207 Å². The first-order valence-electron chi connectivity index (χ1n) is 11.7. The summed E-state index contributed by atoms with van der Waals surface area (Å²) in [5, 5.41) is 43.8. The minimum absolute atomic E-state index is 0.0545. The van der Waals surface area contributed by atoms with E-state index in [0.29, 0.717) is 56.4 Å². The van der Waals surface area contributed by atoms with Crippen LogP contribution in [0.5, 0.6) is 0 Å². The number of benzene rings is 1. The Kier molecular flexibility index (Phi) is 10.5. The molecule has 1 aromatic carbocycles. The van der Waals surface area contributed by atoms with Crippen LogP contribution in [0.15, 0.2) is 16.8 Å². The van der Waals surface area contributed by atoms with Gasteiger partial charge in [0, 0.05) is 25.6 Å². The molecule has 0 saturated carbocycles. The van der Waals surface area contributed by atoms with E-state index >= 15 is 0 Å². The van der Waals surface area contributed by atoms with Crippen LogP contribution in [-0.2, 0) is 9.59 Å². The summed E-state index contributed by atoms with van der Waals surface area (Å²) >= 11 is 0. The largest absolute Gasteiger partial charge is 0.390 e. The Balaban J connectivity index is 1.56. The van der Waals surface area contributed by atoms with E-state index in [1.807, 2.05) is 0 Å². The molecule has 0 spiro atoms. The van der Waals surface area contributed by atoms with Gasteiger partial charge in [0.05, 0.1) is 22.8 Å². The van der Waals surface area contributed by atoms with Crippen molar-refractivity contribution >= 4 is 34.1 Å². The number of carbonyl (C=O) groups is 2. The van der Waals surface area contributed by atoms with Crippen LogP contribution in [0.1, 0.15) is 58.8 Å². The number of Topliss-reactive ketones (excluding diaryl/α,β-unsaturated/α-hetero) is 1. The first-order valence-corrected chi connectivity index (χ1v) is 11.7. The predicted molar refractivity (Wildman–Crippen MR) is 128 cm³/mol. The quantitative estimate of drug-likeness (QED) is 0.128. The molecule has 13 nitrogen and oxygen atoms in total. The molecule has 0 aliphatic heterocycles. The lowest BCUT2D eigenvalue weighted by atomic mass is 9.88. The summed E-state index contributed by atoms with van der Waals surface area (Å²) in [7, 11) is 0. The molecule has 194 valence electrons. The Hall–Kier alpha value is -3.16. The molecule has 13 heteroatoms. The van der Waals surface area contributed by atoms with Gasteiger partial charge >= 0.3 is 5.69 Å². The van der Waals surface area contributed by atoms with Crippen LogP contribution in [0, 0.1) is 10.1 Å². The van der Waals surface area contributed by atoms with Crippen molar-refractivity contribution in [3.63, 3.8) is 0 Å². The fraction of sp³-hybridized carbons (Fsp3) is 0.636. The highest BCUT2D eigenvalue weighted by Crippen LogP contribution is 2.28. The molecule has 3 unspecified atom stereocenters. The normalized spacial score (nSPS) is 14.8. The molecule has 0 aliphatic carbocycles. The molecular formula is C22H34N6O7. The van der Waals surface area contributed by atoms with E-state index in [4.69, 9.17) is 5.73 Å². The van der Waals surface area contributed by atoms with Crippen molar-refractivity contribution < 1.29 is 29.4 Å². The van der Waals surface area contributed by atoms with Gasteiger partial charge in [-0.25, -0.2) is 4.63 Å². The predicted octanol–water partition coefficient (Wildman–Crippen LogP) is 1.42. The molecule has 1 aromatic heterocycles. The van der Waals surface area contributed by atoms with Gasteiger partial charge in [-0.1, -0.05) is 6.42 Å². The Bertz CT molecular complexity index is 1010. The second-order valence-electron chi connectivity index (χ2n) is 8.73. The number of unbranched alkanes of at least 4 members (excludes halogenated alkanes) is 3. The number of aliphatic hydroxyl groups is 2. The van der Waals surface area contributed by atoms with Crippen LogP contribution >= 0.6 is 0 Å². The maximum atomic E-state index is 12.1. The monoisotopic (exact) mass is 494 g/mol. The van der Waals surface area contributed by atoms with Crippen molar-refractivity contribution in [2.75, 3.05) is 18.4 Å². The van der Waals surface area contributed by atoms with E-state index in [0.717, 1.165) is 12.8 Å². The van der Waals surface area contributed by atoms with Crippen molar-refractivity contribution in [1.29, 1.82) is 0 Å². The van der Waals surface area contributed by atoms with Gasteiger partial charge in [-0.15, -0.1) is 0 Å². The molecule has 0 saturated heterocycles. The average Bonchev–Trinajstić information content (AvgIpc) is 3.30. The number of amides is 1. The van der Waals surface area contributed by atoms with E-state index in [9.17, 15) is 29.9 Å². The smallest absolute Gasteiger partial charge is 0.300 e. The second-order valence-corrected chi connectivity index (χ2v) is 8.73. The van der Waals surface area contributed by atoms with Crippen molar-refractivity contribution in [3.05, 3.63) is 22.2 Å². The summed E-state index contributed by atoms with van der Waals surface area (Å²) in [6.07, 6.45) is 3.11. The molecule has 0 aliphatic rings. The number of nitrogens with zero attached hydrogens (tertiary/aromatic N) is 3. The number of rotatable bonds is 16. The molecule has 35 heavy (non-hydrogen) atoms. The second kappa shape index (κ2) is 13.1. The number of ketones is 1. The van der Waals surface area contributed by atoms with Gasteiger partial charge in [-0.05, 0) is 62.3 Å². The van der Waals surface area contributed by atoms with Crippen molar-refractivity contribution in [3.8, 4) is 0 Å². The lowest BCUT2D eigenvalue weighted by Gasteiger charge is -2.27. The van der Waals surface area contributed by atoms with Crippen molar-refractivity contribution in [1.82, 2.24) is 15.6 Å². The minimum atomic E-state index is -1.87. The molecule has 1 heterocycles. The molecule has 0 fully saturated rings. The van der Waals surface area contributed by atoms with Crippen LogP contribution in [0.25, 0.3) is 11.0 Å². The number of aromatic nitrogens is 2. The van der Waals surface area contributed by atoms with E-state index in [1.165, 1.54) is 19.9 Å². The Morgan fingerprint density at radius 1 is 1.17 bits per heavy atom. The first kappa shape index (κ1) is 28.1. The zero-order chi connectivity index (χ0) is 26.0. The summed E-state index contributed by atoms with van der Waals surface area (Å²) in [6.45, 7) is 3.65. The maximum Gasteiger partial charge on any atom is 0.300 e. The number of hydrogen-bond acceptors (Lipinski definition) is 11. The van der Waals surface area contributed by atoms with Gasteiger partial charge in [-0.3, -0.25) is 19.7 Å². The van der Waals surface area contributed by atoms with Gasteiger partial charge < -0.3 is 26.6 Å². The fourth-order valence-electron chi connectivity index (χ4n) is 3.47. The highest BCUT2D eigenvalue weighted by molar-refractivity contribution is 5.93. The first-order chi connectivity index (χ1) is 16.6. The van der Waals surface area contributed by atoms with Crippen LogP contribution in [0.3, 0.4) is 0 Å². The van der Waals surface area contributed by atoms with Crippen molar-refractivity contribution in [2.45, 2.75) is 76.5 Å². The summed E-state index contributed by atoms with van der Waals surface area (Å²) in [4.78, 5) is 34.5. The minimum Gasteiger partial charge on any atom is -0.390 e. The number of anilines is 1. The van der Waals surface area contributed by atoms with E-state index in [1.54, 1.807) is 6.07 Å². The molecular weight excluding hydrogens is 460 g/mol. The number of non-ortho nitro benzene ring substituents is 1. The molecule has 2 rings (SSSR count). The molecule has 6 N–H and O–H groups in total. The number of nitro groups is 1. The summed E-state index contributed by atoms with van der Waals surface area (Å²) in [5.41, 5.74) is 4.77. The molecule has 0 radical (unpaired) electrons. The summed E-state index contributed by atoms with van der Waals surface area (Å²) in [6, 6.07) is 2.05. The maximum absolute atomic E-state index is 12.1. The Morgan fingerprint density at radius 2 is 1.86 bits per heavy atom. The molecule has 1 amide bonds. The van der Waals surface area contributed by atoms with Crippen LogP contribution in [0.4, 0.5) is 11.4 Å². The number of carbonyl (C=O) groups excluding carboxylic acids is 2. The Morgan fingerprint density at radius 3 is 2.54 bits per heavy atom. The number of nitro benzene ring substituents is 1. The van der Waals surface area contributed by atoms with Crippen LogP contribution < -0.4 is 16.4 Å². The third kappa shape index (κ3) is 7.94. The van der Waals surface area contributed by atoms with Gasteiger partial charge in [0.1, 0.15) is 5.60 Å². The zero-order valence-electron chi connectivity index (χ0n) is 20.0. The van der Waals surface area contributed by atoms with Crippen LogP contribution in [0.2, 0.25) is 0 Å². The highest BCUT2D eigenvalue weighted by atomic mass is 16.6. The zero-order valence-corrected chi connectivity index (χ0v) is 20.0. The summed E-state index contributed by atoms with van der Waals surface area (Å²) < 4.78 is 4.63. The van der Waals surface area contributed by atoms with Gasteiger partial charge in [0.15, 0.2) is 11.3 Å². The number of nitrogens with two attached hydrogens (primary N) is 1. The third-order valence-electron chi connectivity index (χ3n) is 5.90. The Labute approximate surface area is 202 Å². The number of fused-ring (bicyclic) bond motifs is 1. The molecule has 3 atom stereocenters. The van der Waals surface area contributed by atoms with Gasteiger partial charge in [0.2, 0.25) is 11.4 Å². The van der Waals surface area contributed by atoms with Gasteiger partial charge in [-0.2, -0.15) is 0 Å². The highest BCUT2D eigenvalue weighted by Gasteiger charge is 2.38. The summed E-state index contributed by atoms with van der Waals surface area (Å²) in [5.74, 6) is -0.650.